The maximum Gasteiger partial charge on any atom is 0.153 e. The molecule has 0 amide bonds. The third kappa shape index (κ3) is 3.80. The standard InChI is InChI=1S/C22H25N9S/c1-13-7-21(30-29-13)27-20-10-19-18(3-2-6-23-19)22(28-20)26-14-8-15-4-5-16(9-14)31(15)32-17-11-24-25-12-17/h2-3,6-7,10-12,14-16H,4-5,8-9H2,1H3,(H,24,25)(H3,26,27,28,29,30)/t14?,15-,16+. The molecule has 2 bridgehead atoms. The number of H-pyrrole nitrogens is 2. The van der Waals surface area contributed by atoms with Gasteiger partial charge in [-0.2, -0.15) is 10.2 Å². The summed E-state index contributed by atoms with van der Waals surface area (Å²) in [5, 5.41) is 22.3. The predicted octanol–water partition coefficient (Wildman–Crippen LogP) is 4.24. The molecule has 6 heterocycles. The maximum atomic E-state index is 4.90. The van der Waals surface area contributed by atoms with E-state index in [0.717, 1.165) is 46.9 Å². The van der Waals surface area contributed by atoms with Crippen LogP contribution in [0.15, 0.2) is 47.8 Å². The number of aromatic nitrogens is 6. The fourth-order valence-corrected chi connectivity index (χ4v) is 6.00. The maximum absolute atomic E-state index is 4.90. The van der Waals surface area contributed by atoms with Crippen molar-refractivity contribution in [3.63, 3.8) is 0 Å². The zero-order valence-corrected chi connectivity index (χ0v) is 18.6. The van der Waals surface area contributed by atoms with Crippen LogP contribution >= 0.6 is 11.9 Å². The third-order valence-electron chi connectivity index (χ3n) is 6.25. The number of aromatic amines is 2. The van der Waals surface area contributed by atoms with Crippen molar-refractivity contribution in [3.8, 4) is 0 Å². The van der Waals surface area contributed by atoms with Gasteiger partial charge in [-0.15, -0.1) is 0 Å². The first-order valence-electron chi connectivity index (χ1n) is 11.0. The molecule has 3 atom stereocenters. The summed E-state index contributed by atoms with van der Waals surface area (Å²) in [7, 11) is 0. The Morgan fingerprint density at radius 2 is 2.03 bits per heavy atom. The summed E-state index contributed by atoms with van der Waals surface area (Å²) in [5.74, 6) is 2.37. The second kappa shape index (κ2) is 8.10. The van der Waals surface area contributed by atoms with E-state index in [0.29, 0.717) is 18.1 Å². The lowest BCUT2D eigenvalue weighted by molar-refractivity contribution is 0.255. The number of rotatable bonds is 6. The van der Waals surface area contributed by atoms with Crippen molar-refractivity contribution >= 4 is 40.3 Å². The van der Waals surface area contributed by atoms with Gasteiger partial charge in [-0.3, -0.25) is 15.2 Å². The van der Waals surface area contributed by atoms with Gasteiger partial charge in [0.05, 0.1) is 16.6 Å². The summed E-state index contributed by atoms with van der Waals surface area (Å²) < 4.78 is 2.58. The van der Waals surface area contributed by atoms with Crippen molar-refractivity contribution in [2.45, 2.75) is 55.6 Å². The van der Waals surface area contributed by atoms with Crippen molar-refractivity contribution in [1.82, 2.24) is 34.7 Å². The quantitative estimate of drug-likeness (QED) is 0.325. The molecular weight excluding hydrogens is 422 g/mol. The van der Waals surface area contributed by atoms with E-state index >= 15 is 0 Å². The molecular formula is C22H25N9S. The topological polar surface area (TPSA) is 110 Å². The van der Waals surface area contributed by atoms with Gasteiger partial charge < -0.3 is 10.6 Å². The molecule has 164 valence electrons. The number of piperidine rings is 1. The fraction of sp³-hybridized carbons (Fsp3) is 0.364. The molecule has 0 spiro atoms. The van der Waals surface area contributed by atoms with Crippen molar-refractivity contribution in [2.75, 3.05) is 10.6 Å². The number of hydrogen-bond donors (Lipinski definition) is 4. The molecule has 2 fully saturated rings. The molecule has 10 heteroatoms. The molecule has 9 nitrogen and oxygen atoms in total. The first kappa shape index (κ1) is 19.6. The molecule has 0 radical (unpaired) electrons. The van der Waals surface area contributed by atoms with Gasteiger partial charge in [-0.05, 0) is 56.7 Å². The van der Waals surface area contributed by atoms with E-state index in [9.17, 15) is 0 Å². The van der Waals surface area contributed by atoms with Gasteiger partial charge in [0.15, 0.2) is 5.82 Å². The summed E-state index contributed by atoms with van der Waals surface area (Å²) in [6.45, 7) is 1.98. The molecule has 1 unspecified atom stereocenters. The van der Waals surface area contributed by atoms with E-state index in [1.165, 1.54) is 17.7 Å². The highest BCUT2D eigenvalue weighted by Gasteiger charge is 2.41. The molecule has 0 aromatic carbocycles. The molecule has 0 aliphatic carbocycles. The van der Waals surface area contributed by atoms with Crippen LogP contribution in [0.2, 0.25) is 0 Å². The van der Waals surface area contributed by atoms with E-state index in [4.69, 9.17) is 4.98 Å². The van der Waals surface area contributed by atoms with Crippen LogP contribution < -0.4 is 10.6 Å². The van der Waals surface area contributed by atoms with E-state index in [1.807, 2.05) is 55.7 Å². The molecule has 0 saturated carbocycles. The second-order valence-corrected chi connectivity index (χ2v) is 9.65. The summed E-state index contributed by atoms with van der Waals surface area (Å²) in [6.07, 6.45) is 10.4. The molecule has 4 N–H and O–H groups in total. The Bertz CT molecular complexity index is 1210. The number of anilines is 3. The van der Waals surface area contributed by atoms with Crippen molar-refractivity contribution in [3.05, 3.63) is 48.5 Å². The van der Waals surface area contributed by atoms with Crippen LogP contribution in [-0.2, 0) is 0 Å². The summed E-state index contributed by atoms with van der Waals surface area (Å²) in [4.78, 5) is 10.7. The molecule has 2 aliphatic heterocycles. The number of nitrogens with zero attached hydrogens (tertiary/aromatic N) is 5. The Morgan fingerprint density at radius 3 is 2.78 bits per heavy atom. The smallest absolute Gasteiger partial charge is 0.153 e. The van der Waals surface area contributed by atoms with Crippen LogP contribution in [0.4, 0.5) is 17.5 Å². The van der Waals surface area contributed by atoms with Gasteiger partial charge in [0, 0.05) is 53.7 Å². The Kier molecular flexibility index (Phi) is 4.95. The Balaban J connectivity index is 1.23. The average Bonchev–Trinajstić information content (AvgIpc) is 3.50. The number of aryl methyl sites for hydroxylation is 1. The fourth-order valence-electron chi connectivity index (χ4n) is 4.87. The molecule has 4 aromatic heterocycles. The highest BCUT2D eigenvalue weighted by atomic mass is 32.2. The van der Waals surface area contributed by atoms with Gasteiger partial charge >= 0.3 is 0 Å². The summed E-state index contributed by atoms with van der Waals surface area (Å²) in [5.41, 5.74) is 1.91. The van der Waals surface area contributed by atoms with E-state index in [-0.39, 0.29) is 0 Å². The van der Waals surface area contributed by atoms with Crippen LogP contribution in [0, 0.1) is 6.92 Å². The minimum absolute atomic E-state index is 0.382. The van der Waals surface area contributed by atoms with Gasteiger partial charge in [-0.1, -0.05) is 0 Å². The molecule has 2 aliphatic rings. The Morgan fingerprint density at radius 1 is 1.16 bits per heavy atom. The highest BCUT2D eigenvalue weighted by Crippen LogP contribution is 2.43. The number of nitrogens with one attached hydrogen (secondary N) is 4. The van der Waals surface area contributed by atoms with Crippen molar-refractivity contribution < 1.29 is 0 Å². The molecule has 32 heavy (non-hydrogen) atoms. The zero-order chi connectivity index (χ0) is 21.5. The number of pyridine rings is 2. The lowest BCUT2D eigenvalue weighted by atomic mass is 9.99. The Hall–Kier alpha value is -3.11. The van der Waals surface area contributed by atoms with Crippen LogP contribution in [-0.4, -0.2) is 52.8 Å². The average molecular weight is 448 g/mol. The molecule has 2 saturated heterocycles. The monoisotopic (exact) mass is 447 g/mol. The number of fused-ring (bicyclic) bond motifs is 3. The van der Waals surface area contributed by atoms with Gasteiger partial charge in [0.2, 0.25) is 0 Å². The zero-order valence-electron chi connectivity index (χ0n) is 17.7. The van der Waals surface area contributed by atoms with E-state index in [1.54, 1.807) is 0 Å². The van der Waals surface area contributed by atoms with Gasteiger partial charge in [-0.25, -0.2) is 9.29 Å². The first-order chi connectivity index (χ1) is 15.7. The predicted molar refractivity (Wildman–Crippen MR) is 126 cm³/mol. The van der Waals surface area contributed by atoms with Crippen LogP contribution in [0.25, 0.3) is 10.9 Å². The third-order valence-corrected chi connectivity index (χ3v) is 7.49. The van der Waals surface area contributed by atoms with Gasteiger partial charge in [0.25, 0.3) is 0 Å². The summed E-state index contributed by atoms with van der Waals surface area (Å²) >= 11 is 1.83. The molecule has 6 rings (SSSR count). The molecule has 4 aromatic rings. The normalized spacial score (nSPS) is 23.0. The highest BCUT2D eigenvalue weighted by molar-refractivity contribution is 7.97. The first-order valence-corrected chi connectivity index (χ1v) is 11.7. The van der Waals surface area contributed by atoms with Crippen LogP contribution in [0.3, 0.4) is 0 Å². The second-order valence-electron chi connectivity index (χ2n) is 8.57. The SMILES string of the molecule is Cc1cc(Nc2cc3ncccc3c(NC3C[C@H]4CC[C@@H](C3)N4Sc3cn[nH]c3)n2)n[nH]1. The minimum atomic E-state index is 0.382. The lowest BCUT2D eigenvalue weighted by Gasteiger charge is -2.38. The lowest BCUT2D eigenvalue weighted by Crippen LogP contribution is -2.43. The van der Waals surface area contributed by atoms with E-state index < -0.39 is 0 Å². The van der Waals surface area contributed by atoms with Gasteiger partial charge in [0.1, 0.15) is 11.6 Å². The summed E-state index contributed by atoms with van der Waals surface area (Å²) in [6, 6.07) is 9.48. The largest absolute Gasteiger partial charge is 0.367 e. The van der Waals surface area contributed by atoms with Crippen molar-refractivity contribution in [2.24, 2.45) is 0 Å². The van der Waals surface area contributed by atoms with Crippen molar-refractivity contribution in [1.29, 1.82) is 0 Å². The number of hydrogen-bond acceptors (Lipinski definition) is 8. The van der Waals surface area contributed by atoms with Crippen LogP contribution in [0.5, 0.6) is 0 Å². The van der Waals surface area contributed by atoms with Crippen LogP contribution in [0.1, 0.15) is 31.4 Å². The minimum Gasteiger partial charge on any atom is -0.367 e. The van der Waals surface area contributed by atoms with E-state index in [2.05, 4.69) is 46.4 Å². The Labute approximate surface area is 189 Å².